The molecule has 4 N–H and O–H groups in total. The van der Waals surface area contributed by atoms with Gasteiger partial charge >= 0.3 is 5.97 Å². The third-order valence-electron chi connectivity index (χ3n) is 11.7. The van der Waals surface area contributed by atoms with Gasteiger partial charge in [0.25, 0.3) is 0 Å². The van der Waals surface area contributed by atoms with E-state index in [1.165, 1.54) is 5.56 Å². The Bertz CT molecular complexity index is 1980. The van der Waals surface area contributed by atoms with E-state index in [1.54, 1.807) is 0 Å². The summed E-state index contributed by atoms with van der Waals surface area (Å²) in [6.07, 6.45) is 0.739. The Morgan fingerprint density at radius 3 is 1.23 bits per heavy atom. The van der Waals surface area contributed by atoms with E-state index in [0.717, 1.165) is 39.2 Å². The fraction of sp³-hybridized carbons (Fsp3) is 0.554. The molecule has 0 heterocycles. The van der Waals surface area contributed by atoms with Crippen LogP contribution in [0.15, 0.2) is 91.0 Å². The van der Waals surface area contributed by atoms with E-state index in [9.17, 15) is 15.0 Å². The van der Waals surface area contributed by atoms with Gasteiger partial charge in [-0.05, 0) is 74.9 Å². The van der Waals surface area contributed by atoms with Crippen LogP contribution < -0.4 is 9.80 Å². The van der Waals surface area contributed by atoms with Gasteiger partial charge in [0.15, 0.2) is 0 Å². The van der Waals surface area contributed by atoms with E-state index in [1.807, 2.05) is 18.2 Å². The second-order valence-electron chi connectivity index (χ2n) is 19.1. The van der Waals surface area contributed by atoms with Gasteiger partial charge in [0.1, 0.15) is 12.4 Å². The Hall–Kier alpha value is -4.61. The van der Waals surface area contributed by atoms with Gasteiger partial charge < -0.3 is 63.4 Å². The first-order valence-electron chi connectivity index (χ1n) is 24.8. The molecule has 0 fully saturated rings. The van der Waals surface area contributed by atoms with Gasteiger partial charge in [-0.1, -0.05) is 108 Å². The van der Waals surface area contributed by atoms with Crippen molar-refractivity contribution in [3.05, 3.63) is 124 Å². The topological polar surface area (TPSA) is 169 Å². The van der Waals surface area contributed by atoms with Crippen molar-refractivity contribution in [1.82, 2.24) is 0 Å². The molecule has 0 aliphatic carbocycles. The highest BCUT2D eigenvalue weighted by Crippen LogP contribution is 2.40. The number of anilines is 2. The van der Waals surface area contributed by atoms with Crippen LogP contribution in [-0.4, -0.2) is 158 Å². The Kier molecular flexibility index (Phi) is 26.2. The number of aryl methyl sites for hydroxylation is 1. The first-order valence-corrected chi connectivity index (χ1v) is 24.8. The molecule has 14 nitrogen and oxygen atoms in total. The maximum Gasteiger partial charge on any atom is 0.306 e. The number of phenolic OH excluding ortho intramolecular Hbond substituents is 1. The van der Waals surface area contributed by atoms with Crippen LogP contribution in [0.25, 0.3) is 0 Å². The molecule has 0 aliphatic rings. The molecule has 14 heteroatoms. The van der Waals surface area contributed by atoms with Gasteiger partial charge in [0.2, 0.25) is 0 Å². The summed E-state index contributed by atoms with van der Waals surface area (Å²) < 4.78 is 39.6. The molecule has 4 rings (SSSR count). The van der Waals surface area contributed by atoms with Crippen LogP contribution in [0.4, 0.5) is 11.4 Å². The quantitative estimate of drug-likeness (QED) is 0.0211. The largest absolute Gasteiger partial charge is 0.507 e. The van der Waals surface area contributed by atoms with Crippen LogP contribution in [0, 0.1) is 0 Å². The van der Waals surface area contributed by atoms with Crippen molar-refractivity contribution in [3.8, 4) is 5.75 Å². The van der Waals surface area contributed by atoms with Crippen molar-refractivity contribution in [2.45, 2.75) is 71.1 Å². The van der Waals surface area contributed by atoms with Crippen molar-refractivity contribution in [1.29, 1.82) is 0 Å². The lowest BCUT2D eigenvalue weighted by molar-refractivity contribution is -0.145. The smallest absolute Gasteiger partial charge is 0.306 e. The van der Waals surface area contributed by atoms with Crippen molar-refractivity contribution >= 4 is 17.3 Å². The zero-order valence-corrected chi connectivity index (χ0v) is 42.7. The molecule has 70 heavy (non-hydrogen) atoms. The predicted molar refractivity (Wildman–Crippen MR) is 276 cm³/mol. The molecule has 0 saturated carbocycles. The molecule has 4 aromatic rings. The monoisotopic (exact) mass is 975 g/mol. The number of carbonyl (C=O) groups is 1. The molecule has 0 aromatic heterocycles. The first kappa shape index (κ1) is 58.0. The molecule has 0 saturated heterocycles. The molecule has 0 amide bonds. The number of ether oxygens (including phenoxy) is 7. The van der Waals surface area contributed by atoms with Gasteiger partial charge in [-0.15, -0.1) is 0 Å². The molecule has 1 atom stereocenters. The molecular weight excluding hydrogens is 893 g/mol. The van der Waals surface area contributed by atoms with E-state index >= 15 is 0 Å². The summed E-state index contributed by atoms with van der Waals surface area (Å²) in [5.74, 6) is 0.00241. The maximum absolute atomic E-state index is 12.8. The molecule has 1 unspecified atom stereocenters. The average molecular weight is 975 g/mol. The van der Waals surface area contributed by atoms with Gasteiger partial charge in [-0.3, -0.25) is 4.79 Å². The van der Waals surface area contributed by atoms with E-state index in [-0.39, 0.29) is 75.4 Å². The predicted octanol–water partition coefficient (Wildman–Crippen LogP) is 7.03. The molecule has 0 radical (unpaired) electrons. The lowest BCUT2D eigenvalue weighted by atomic mass is 9.78. The van der Waals surface area contributed by atoms with Crippen LogP contribution in [0.3, 0.4) is 0 Å². The SMILES string of the molecule is CC(C)(C)c1cc(CCC(=O)OCCOCCN(CCOCCOCCO)c2ccc(C(c3ccccc3)c3ccc(N(CCOCCO)CCOCCOCCO)cc3)cc2)cc(C(C)(C)C)c1O. The lowest BCUT2D eigenvalue weighted by Gasteiger charge is -2.28. The fourth-order valence-corrected chi connectivity index (χ4v) is 7.97. The Labute approximate surface area is 417 Å². The van der Waals surface area contributed by atoms with Gasteiger partial charge in [-0.2, -0.15) is 0 Å². The number of hydrogen-bond acceptors (Lipinski definition) is 14. The molecule has 0 spiro atoms. The number of aliphatic hydroxyl groups excluding tert-OH is 3. The highest BCUT2D eigenvalue weighted by Gasteiger charge is 2.27. The number of carbonyl (C=O) groups excluding carboxylic acids is 1. The number of hydrogen-bond donors (Lipinski definition) is 4. The van der Waals surface area contributed by atoms with Crippen molar-refractivity contribution in [2.24, 2.45) is 0 Å². The molecule has 0 bridgehead atoms. The van der Waals surface area contributed by atoms with Gasteiger partial charge in [0.05, 0.1) is 99.1 Å². The number of esters is 1. The highest BCUT2D eigenvalue weighted by atomic mass is 16.6. The third-order valence-corrected chi connectivity index (χ3v) is 11.7. The molecule has 0 aliphatic heterocycles. The van der Waals surface area contributed by atoms with E-state index in [4.69, 9.17) is 43.4 Å². The minimum Gasteiger partial charge on any atom is -0.507 e. The van der Waals surface area contributed by atoms with E-state index in [2.05, 4.69) is 124 Å². The standard InChI is InChI=1S/C56H82N2O12/c1-55(2,3)50-42-44(43-51(54(50)63)56(4,5)6)12-21-52(62)70-41-40-67-32-25-58(24-31-66-37-39-69-35-28-61)49-19-15-47(16-20-49)53(45-10-8-7-9-11-45)46-13-17-48(18-14-46)57(22-29-64-33-26-59)23-30-65-36-38-68-34-27-60/h7-11,13-20,42-43,53,59-61,63H,12,21-41H2,1-6H3. The van der Waals surface area contributed by atoms with Gasteiger partial charge in [-0.25, -0.2) is 0 Å². The number of aromatic hydroxyl groups is 1. The summed E-state index contributed by atoms with van der Waals surface area (Å²) in [7, 11) is 0. The van der Waals surface area contributed by atoms with Crippen LogP contribution in [0.1, 0.15) is 87.3 Å². The van der Waals surface area contributed by atoms with Crippen LogP contribution in [0.5, 0.6) is 5.75 Å². The minimum absolute atomic E-state index is 0.0159. The number of phenols is 1. The van der Waals surface area contributed by atoms with Crippen molar-refractivity contribution in [3.63, 3.8) is 0 Å². The first-order chi connectivity index (χ1) is 33.8. The third kappa shape index (κ3) is 20.6. The Morgan fingerprint density at radius 2 is 0.843 bits per heavy atom. The second kappa shape index (κ2) is 31.7. The molecule has 388 valence electrons. The number of nitrogens with zero attached hydrogens (tertiary/aromatic N) is 2. The van der Waals surface area contributed by atoms with Gasteiger partial charge in [0, 0.05) is 49.9 Å². The zero-order chi connectivity index (χ0) is 50.6. The van der Waals surface area contributed by atoms with Crippen LogP contribution >= 0.6 is 0 Å². The summed E-state index contributed by atoms with van der Waals surface area (Å²) in [5.41, 5.74) is 7.74. The molecule has 4 aromatic carbocycles. The Balaban J connectivity index is 1.40. The van der Waals surface area contributed by atoms with E-state index < -0.39 is 0 Å². The van der Waals surface area contributed by atoms with Crippen molar-refractivity contribution < 1.29 is 58.4 Å². The number of aliphatic hydroxyl groups is 3. The minimum atomic E-state index is -0.292. The second-order valence-corrected chi connectivity index (χ2v) is 19.1. The van der Waals surface area contributed by atoms with E-state index in [0.29, 0.717) is 97.8 Å². The normalized spacial score (nSPS) is 12.3. The zero-order valence-electron chi connectivity index (χ0n) is 42.7. The number of benzene rings is 4. The van der Waals surface area contributed by atoms with Crippen molar-refractivity contribution in [2.75, 3.05) is 142 Å². The summed E-state index contributed by atoms with van der Waals surface area (Å²) in [5, 5.41) is 38.3. The number of rotatable bonds is 35. The van der Waals surface area contributed by atoms with Crippen LogP contribution in [-0.2, 0) is 55.2 Å². The average Bonchev–Trinajstić information content (AvgIpc) is 3.34. The molecular formula is C56H82N2O12. The lowest BCUT2D eigenvalue weighted by Crippen LogP contribution is -2.31. The highest BCUT2D eigenvalue weighted by molar-refractivity contribution is 5.70. The summed E-state index contributed by atoms with van der Waals surface area (Å²) >= 11 is 0. The fourth-order valence-electron chi connectivity index (χ4n) is 7.97. The van der Waals surface area contributed by atoms with Crippen LogP contribution in [0.2, 0.25) is 0 Å². The summed E-state index contributed by atoms with van der Waals surface area (Å²) in [4.78, 5) is 17.3. The summed E-state index contributed by atoms with van der Waals surface area (Å²) in [6, 6.07) is 31.7. The maximum atomic E-state index is 12.8. The summed E-state index contributed by atoms with van der Waals surface area (Å²) in [6.45, 7) is 19.6. The Morgan fingerprint density at radius 1 is 0.486 bits per heavy atom.